The first-order chi connectivity index (χ1) is 10.7. The maximum atomic E-state index is 12.1. The van der Waals surface area contributed by atoms with Crippen molar-refractivity contribution in [2.45, 2.75) is 0 Å². The number of benzene rings is 2. The first-order valence-electron chi connectivity index (χ1n) is 6.52. The van der Waals surface area contributed by atoms with Crippen LogP contribution in [0.4, 0.5) is 5.69 Å². The maximum absolute atomic E-state index is 12.1. The van der Waals surface area contributed by atoms with Gasteiger partial charge >= 0.3 is 0 Å². The highest BCUT2D eigenvalue weighted by Gasteiger charge is 2.08. The molecule has 5 heteroatoms. The zero-order chi connectivity index (χ0) is 15.5. The van der Waals surface area contributed by atoms with E-state index in [0.717, 1.165) is 6.07 Å². The van der Waals surface area contributed by atoms with Gasteiger partial charge in [0.05, 0.1) is 5.39 Å². The lowest BCUT2D eigenvalue weighted by atomic mass is 10.1. The summed E-state index contributed by atoms with van der Waals surface area (Å²) in [6.07, 6.45) is 0. The second-order valence-corrected chi connectivity index (χ2v) is 4.62. The summed E-state index contributed by atoms with van der Waals surface area (Å²) in [6.45, 7) is 0. The molecule has 0 unspecified atom stereocenters. The van der Waals surface area contributed by atoms with E-state index in [-0.39, 0.29) is 17.1 Å². The third-order valence-corrected chi connectivity index (χ3v) is 3.13. The molecule has 0 saturated heterocycles. The highest BCUT2D eigenvalue weighted by molar-refractivity contribution is 6.05. The van der Waals surface area contributed by atoms with Gasteiger partial charge in [0.1, 0.15) is 11.7 Å². The molecule has 5 nitrogen and oxygen atoms in total. The third kappa shape index (κ3) is 2.58. The SMILES string of the molecule is N#Cc1cc(=O)c2cc(NC(=O)c3ccccc3)ccc2o1. The van der Waals surface area contributed by atoms with E-state index in [4.69, 9.17) is 9.68 Å². The van der Waals surface area contributed by atoms with Gasteiger partial charge in [-0.25, -0.2) is 0 Å². The molecule has 106 valence electrons. The smallest absolute Gasteiger partial charge is 0.255 e. The third-order valence-electron chi connectivity index (χ3n) is 3.13. The average molecular weight is 290 g/mol. The highest BCUT2D eigenvalue weighted by atomic mass is 16.3. The fourth-order valence-corrected chi connectivity index (χ4v) is 2.08. The van der Waals surface area contributed by atoms with E-state index in [1.807, 2.05) is 6.07 Å². The van der Waals surface area contributed by atoms with Crippen LogP contribution in [0.15, 0.2) is 63.8 Å². The standard InChI is InChI=1S/C17H10N2O3/c18-10-13-9-15(20)14-8-12(6-7-16(14)22-13)19-17(21)11-4-2-1-3-5-11/h1-9H,(H,19,21). The number of carbonyl (C=O) groups excluding carboxylic acids is 1. The van der Waals surface area contributed by atoms with Gasteiger partial charge in [0.15, 0.2) is 5.43 Å². The van der Waals surface area contributed by atoms with Crippen molar-refractivity contribution in [3.63, 3.8) is 0 Å². The number of nitrogens with one attached hydrogen (secondary N) is 1. The summed E-state index contributed by atoms with van der Waals surface area (Å²) in [5.74, 6) is -0.309. The van der Waals surface area contributed by atoms with E-state index >= 15 is 0 Å². The first-order valence-corrected chi connectivity index (χ1v) is 6.52. The molecule has 1 aromatic heterocycles. The molecule has 1 heterocycles. The van der Waals surface area contributed by atoms with Crippen LogP contribution < -0.4 is 10.7 Å². The number of amides is 1. The van der Waals surface area contributed by atoms with E-state index in [0.29, 0.717) is 22.2 Å². The molecule has 0 bridgehead atoms. The number of nitriles is 1. The van der Waals surface area contributed by atoms with Crippen molar-refractivity contribution in [2.75, 3.05) is 5.32 Å². The van der Waals surface area contributed by atoms with Gasteiger partial charge in [-0.15, -0.1) is 0 Å². The Bertz CT molecular complexity index is 953. The summed E-state index contributed by atoms with van der Waals surface area (Å²) in [5.41, 5.74) is 0.989. The molecule has 3 aromatic rings. The van der Waals surface area contributed by atoms with Crippen LogP contribution in [0.3, 0.4) is 0 Å². The molecular formula is C17H10N2O3. The first kappa shape index (κ1) is 13.6. The van der Waals surface area contributed by atoms with Crippen LogP contribution in [0.25, 0.3) is 11.0 Å². The number of carbonyl (C=O) groups is 1. The number of anilines is 1. The van der Waals surface area contributed by atoms with Gasteiger partial charge in [-0.2, -0.15) is 5.26 Å². The Labute approximate surface area is 125 Å². The Morgan fingerprint density at radius 3 is 2.59 bits per heavy atom. The number of rotatable bonds is 2. The molecule has 22 heavy (non-hydrogen) atoms. The molecule has 0 atom stereocenters. The van der Waals surface area contributed by atoms with Crippen LogP contribution in [-0.4, -0.2) is 5.91 Å². The Morgan fingerprint density at radius 2 is 1.86 bits per heavy atom. The van der Waals surface area contributed by atoms with Crippen molar-refractivity contribution in [1.82, 2.24) is 0 Å². The lowest BCUT2D eigenvalue weighted by molar-refractivity contribution is 0.102. The van der Waals surface area contributed by atoms with E-state index in [1.165, 1.54) is 6.07 Å². The molecule has 0 aliphatic heterocycles. The predicted octanol–water partition coefficient (Wildman–Crippen LogP) is 2.92. The summed E-state index contributed by atoms with van der Waals surface area (Å²) in [4.78, 5) is 24.0. The molecule has 2 aromatic carbocycles. The second kappa shape index (κ2) is 5.54. The number of hydrogen-bond donors (Lipinski definition) is 1. The second-order valence-electron chi connectivity index (χ2n) is 4.62. The van der Waals surface area contributed by atoms with Crippen molar-refractivity contribution in [3.05, 3.63) is 76.1 Å². The number of hydrogen-bond acceptors (Lipinski definition) is 4. The average Bonchev–Trinajstić information content (AvgIpc) is 2.56. The predicted molar refractivity (Wildman–Crippen MR) is 81.6 cm³/mol. The number of nitrogens with zero attached hydrogens (tertiary/aromatic N) is 1. The Balaban J connectivity index is 1.96. The molecule has 1 amide bonds. The summed E-state index contributed by atoms with van der Waals surface area (Å²) < 4.78 is 5.26. The van der Waals surface area contributed by atoms with Crippen LogP contribution in [-0.2, 0) is 0 Å². The maximum Gasteiger partial charge on any atom is 0.255 e. The van der Waals surface area contributed by atoms with E-state index in [2.05, 4.69) is 5.32 Å². The molecule has 0 fully saturated rings. The van der Waals surface area contributed by atoms with E-state index in [9.17, 15) is 9.59 Å². The minimum Gasteiger partial charge on any atom is -0.445 e. The monoisotopic (exact) mass is 290 g/mol. The van der Waals surface area contributed by atoms with Crippen LogP contribution in [0, 0.1) is 11.3 Å². The largest absolute Gasteiger partial charge is 0.445 e. The lowest BCUT2D eigenvalue weighted by Crippen LogP contribution is -2.12. The zero-order valence-electron chi connectivity index (χ0n) is 11.4. The highest BCUT2D eigenvalue weighted by Crippen LogP contribution is 2.18. The van der Waals surface area contributed by atoms with Gasteiger partial charge in [0.2, 0.25) is 5.76 Å². The summed E-state index contributed by atoms with van der Waals surface area (Å²) in [7, 11) is 0. The molecule has 0 aliphatic carbocycles. The molecular weight excluding hydrogens is 280 g/mol. The van der Waals surface area contributed by atoms with Crippen LogP contribution in [0.5, 0.6) is 0 Å². The van der Waals surface area contributed by atoms with Crippen molar-refractivity contribution in [1.29, 1.82) is 5.26 Å². The zero-order valence-corrected chi connectivity index (χ0v) is 11.4. The van der Waals surface area contributed by atoms with Gasteiger partial charge < -0.3 is 9.73 Å². The quantitative estimate of drug-likeness (QED) is 0.786. The molecule has 0 aliphatic rings. The van der Waals surface area contributed by atoms with Gasteiger partial charge in [-0.3, -0.25) is 9.59 Å². The minimum atomic E-state index is -0.325. The van der Waals surface area contributed by atoms with Gasteiger partial charge in [-0.1, -0.05) is 18.2 Å². The summed E-state index contributed by atoms with van der Waals surface area (Å²) in [5, 5.41) is 11.8. The van der Waals surface area contributed by atoms with Crippen LogP contribution >= 0.6 is 0 Å². The minimum absolute atomic E-state index is 0.0430. The fraction of sp³-hybridized carbons (Fsp3) is 0. The molecule has 0 saturated carbocycles. The molecule has 0 radical (unpaired) electrons. The van der Waals surface area contributed by atoms with Crippen molar-refractivity contribution >= 4 is 22.6 Å². The normalized spacial score (nSPS) is 10.1. The Morgan fingerprint density at radius 1 is 1.09 bits per heavy atom. The van der Waals surface area contributed by atoms with E-state index in [1.54, 1.807) is 42.5 Å². The van der Waals surface area contributed by atoms with Crippen LogP contribution in [0.2, 0.25) is 0 Å². The van der Waals surface area contributed by atoms with Gasteiger partial charge in [-0.05, 0) is 30.3 Å². The Hall–Kier alpha value is -3.39. The summed E-state index contributed by atoms with van der Waals surface area (Å²) in [6, 6.07) is 16.4. The van der Waals surface area contributed by atoms with Gasteiger partial charge in [0.25, 0.3) is 5.91 Å². The molecule has 0 spiro atoms. The molecule has 3 rings (SSSR count). The van der Waals surface area contributed by atoms with E-state index < -0.39 is 0 Å². The Kier molecular flexibility index (Phi) is 3.42. The molecule has 1 N–H and O–H groups in total. The lowest BCUT2D eigenvalue weighted by Gasteiger charge is -2.06. The summed E-state index contributed by atoms with van der Waals surface area (Å²) >= 11 is 0. The number of fused-ring (bicyclic) bond motifs is 1. The van der Waals surface area contributed by atoms with Crippen molar-refractivity contribution < 1.29 is 9.21 Å². The topological polar surface area (TPSA) is 83.1 Å². The van der Waals surface area contributed by atoms with Crippen molar-refractivity contribution in [3.8, 4) is 6.07 Å². The van der Waals surface area contributed by atoms with Gasteiger partial charge in [0, 0.05) is 17.3 Å². The van der Waals surface area contributed by atoms with Crippen molar-refractivity contribution in [2.24, 2.45) is 0 Å². The fourth-order valence-electron chi connectivity index (χ4n) is 2.08. The van der Waals surface area contributed by atoms with Crippen LogP contribution in [0.1, 0.15) is 16.1 Å².